The van der Waals surface area contributed by atoms with Crippen LogP contribution in [0.2, 0.25) is 0 Å². The van der Waals surface area contributed by atoms with E-state index in [1.165, 1.54) is 48.4 Å². The molecule has 0 bridgehead atoms. The minimum absolute atomic E-state index is 0.0653. The van der Waals surface area contributed by atoms with Gasteiger partial charge in [0.25, 0.3) is 5.91 Å². The van der Waals surface area contributed by atoms with Gasteiger partial charge in [-0.2, -0.15) is 13.2 Å². The zero-order valence-corrected chi connectivity index (χ0v) is 19.2. The number of carbonyl (C=O) groups is 1. The van der Waals surface area contributed by atoms with Gasteiger partial charge in [0.05, 0.1) is 41.0 Å². The predicted octanol–water partition coefficient (Wildman–Crippen LogP) is 6.21. The molecule has 0 atom stereocenters. The molecule has 0 saturated carbocycles. The first-order valence-corrected chi connectivity index (χ1v) is 10.7. The fourth-order valence-electron chi connectivity index (χ4n) is 3.85. The van der Waals surface area contributed by atoms with Gasteiger partial charge in [0, 0.05) is 12.1 Å². The topological polar surface area (TPSA) is 54.9 Å². The highest BCUT2D eigenvalue weighted by Crippen LogP contribution is 2.43. The lowest BCUT2D eigenvalue weighted by atomic mass is 10.0. The van der Waals surface area contributed by atoms with Gasteiger partial charge in [-0.05, 0) is 42.5 Å². The zero-order chi connectivity index (χ0) is 26.0. The number of alkyl halides is 3. The third-order valence-electron chi connectivity index (χ3n) is 5.51. The van der Waals surface area contributed by atoms with E-state index < -0.39 is 23.5 Å². The molecule has 0 saturated heterocycles. The van der Waals surface area contributed by atoms with Crippen LogP contribution in [0.15, 0.2) is 67.8 Å². The van der Waals surface area contributed by atoms with Crippen LogP contribution in [-0.4, -0.2) is 31.3 Å². The first-order valence-electron chi connectivity index (χ1n) is 10.7. The normalized spacial score (nSPS) is 13.3. The van der Waals surface area contributed by atoms with Crippen LogP contribution in [0.25, 0.3) is 6.08 Å². The number of anilines is 3. The van der Waals surface area contributed by atoms with E-state index in [0.29, 0.717) is 17.1 Å². The highest BCUT2D eigenvalue weighted by Gasteiger charge is 2.37. The summed E-state index contributed by atoms with van der Waals surface area (Å²) < 4.78 is 65.4. The van der Waals surface area contributed by atoms with Crippen LogP contribution in [0.1, 0.15) is 21.6 Å². The van der Waals surface area contributed by atoms with Gasteiger partial charge in [0.1, 0.15) is 24.8 Å². The van der Waals surface area contributed by atoms with Crippen LogP contribution in [0, 0.1) is 5.82 Å². The molecule has 0 unspecified atom stereocenters. The van der Waals surface area contributed by atoms with E-state index in [9.17, 15) is 22.4 Å². The molecule has 0 N–H and O–H groups in total. The van der Waals surface area contributed by atoms with E-state index >= 15 is 0 Å². The van der Waals surface area contributed by atoms with Gasteiger partial charge in [-0.3, -0.25) is 9.69 Å². The molecular formula is C26H21F4N3O3. The number of amides is 1. The summed E-state index contributed by atoms with van der Waals surface area (Å²) in [6.45, 7) is 7.25. The summed E-state index contributed by atoms with van der Waals surface area (Å²) in [6.07, 6.45) is -1.78. The number of benzene rings is 2. The molecule has 4 rings (SSSR count). The summed E-state index contributed by atoms with van der Waals surface area (Å²) in [5.41, 5.74) is -0.0181. The number of hydrogen-bond acceptors (Lipinski definition) is 5. The fraction of sp³-hybridized carbons (Fsp3) is 0.154. The van der Waals surface area contributed by atoms with Crippen LogP contribution in [0.4, 0.5) is 34.6 Å². The Hall–Kier alpha value is -4.34. The Bertz CT molecular complexity index is 1340. The first-order chi connectivity index (χ1) is 17.2. The van der Waals surface area contributed by atoms with Crippen LogP contribution in [0.3, 0.4) is 0 Å². The summed E-state index contributed by atoms with van der Waals surface area (Å²) in [6, 6.07) is 9.80. The number of aromatic nitrogens is 1. The lowest BCUT2D eigenvalue weighted by Gasteiger charge is -2.39. The molecule has 0 radical (unpaired) electrons. The minimum atomic E-state index is -4.66. The Labute approximate surface area is 204 Å². The average Bonchev–Trinajstić information content (AvgIpc) is 2.87. The number of pyridine rings is 1. The van der Waals surface area contributed by atoms with Gasteiger partial charge in [-0.15, -0.1) is 0 Å². The van der Waals surface area contributed by atoms with Crippen LogP contribution in [0.5, 0.6) is 11.6 Å². The van der Waals surface area contributed by atoms with E-state index in [1.807, 2.05) is 0 Å². The maximum absolute atomic E-state index is 14.1. The van der Waals surface area contributed by atoms with Crippen LogP contribution in [-0.2, 0) is 6.18 Å². The molecule has 0 fully saturated rings. The molecule has 3 aromatic rings. The van der Waals surface area contributed by atoms with Crippen molar-refractivity contribution < 1.29 is 31.8 Å². The van der Waals surface area contributed by atoms with Crippen molar-refractivity contribution in [3.63, 3.8) is 0 Å². The molecule has 186 valence electrons. The van der Waals surface area contributed by atoms with E-state index in [0.717, 1.165) is 18.2 Å². The zero-order valence-electron chi connectivity index (χ0n) is 19.2. The number of fused-ring (bicyclic) bond motifs is 1. The van der Waals surface area contributed by atoms with Crippen LogP contribution >= 0.6 is 0 Å². The van der Waals surface area contributed by atoms with Crippen molar-refractivity contribution >= 4 is 29.0 Å². The number of rotatable bonds is 7. The standard InChI is InChI=1S/C26H21F4N3O3/c1-4-12-36-23-14-17(27)7-9-22(23)32-15-33(21-10-11-24(35-3)31-19(21)5-2)25(34)18-13-16(26(28,29)30)6-8-20(18)32/h4-11,13-14H,1-2,12,15H2,3H3. The Morgan fingerprint density at radius 1 is 1.03 bits per heavy atom. The molecule has 1 amide bonds. The maximum Gasteiger partial charge on any atom is 0.416 e. The molecular weight excluding hydrogens is 478 g/mol. The van der Waals surface area contributed by atoms with Crippen molar-refractivity contribution in [3.8, 4) is 11.6 Å². The van der Waals surface area contributed by atoms with Crippen molar-refractivity contribution in [2.24, 2.45) is 0 Å². The SMILES string of the molecule is C=CCOc1cc(F)ccc1N1CN(c2ccc(OC)nc2C=C)C(=O)c2cc(C(F)(F)F)ccc21. The van der Waals surface area contributed by atoms with Crippen molar-refractivity contribution in [1.82, 2.24) is 4.98 Å². The minimum Gasteiger partial charge on any atom is -0.487 e. The number of methoxy groups -OCH3 is 1. The Balaban J connectivity index is 1.92. The molecule has 6 nitrogen and oxygen atoms in total. The van der Waals surface area contributed by atoms with Gasteiger partial charge < -0.3 is 14.4 Å². The van der Waals surface area contributed by atoms with Crippen molar-refractivity contribution in [3.05, 3.63) is 90.4 Å². The molecule has 1 aliphatic heterocycles. The van der Waals surface area contributed by atoms with Crippen molar-refractivity contribution in [2.75, 3.05) is 30.2 Å². The molecule has 2 heterocycles. The Morgan fingerprint density at radius 3 is 2.42 bits per heavy atom. The van der Waals surface area contributed by atoms with Gasteiger partial charge in [-0.1, -0.05) is 19.2 Å². The predicted molar refractivity (Wildman–Crippen MR) is 128 cm³/mol. The summed E-state index contributed by atoms with van der Waals surface area (Å²) in [5.74, 6) is -0.831. The lowest BCUT2D eigenvalue weighted by Crippen LogP contribution is -2.45. The van der Waals surface area contributed by atoms with Gasteiger partial charge in [-0.25, -0.2) is 9.37 Å². The number of carbonyl (C=O) groups excluding carboxylic acids is 1. The highest BCUT2D eigenvalue weighted by atomic mass is 19.4. The lowest BCUT2D eigenvalue weighted by molar-refractivity contribution is -0.137. The van der Waals surface area contributed by atoms with Gasteiger partial charge in [0.15, 0.2) is 0 Å². The molecule has 1 aromatic heterocycles. The quantitative estimate of drug-likeness (QED) is 0.286. The Kier molecular flexibility index (Phi) is 6.69. The van der Waals surface area contributed by atoms with E-state index in [2.05, 4.69) is 18.1 Å². The van der Waals surface area contributed by atoms with Crippen molar-refractivity contribution in [1.29, 1.82) is 0 Å². The average molecular weight is 499 g/mol. The van der Waals surface area contributed by atoms with Gasteiger partial charge >= 0.3 is 6.18 Å². The summed E-state index contributed by atoms with van der Waals surface area (Å²) in [4.78, 5) is 20.7. The molecule has 0 aliphatic carbocycles. The maximum atomic E-state index is 14.1. The summed E-state index contributed by atoms with van der Waals surface area (Å²) in [7, 11) is 1.43. The molecule has 10 heteroatoms. The first kappa shape index (κ1) is 24.8. The molecule has 0 spiro atoms. The third kappa shape index (κ3) is 4.61. The summed E-state index contributed by atoms with van der Waals surface area (Å²) in [5, 5.41) is 0. The summed E-state index contributed by atoms with van der Waals surface area (Å²) >= 11 is 0. The third-order valence-corrected chi connectivity index (χ3v) is 5.51. The number of halogens is 4. The second-order valence-electron chi connectivity index (χ2n) is 7.71. The molecule has 36 heavy (non-hydrogen) atoms. The van der Waals surface area contributed by atoms with Crippen LogP contribution < -0.4 is 19.3 Å². The number of hydrogen-bond donors (Lipinski definition) is 0. The van der Waals surface area contributed by atoms with E-state index in [4.69, 9.17) is 9.47 Å². The second kappa shape index (κ2) is 9.73. The Morgan fingerprint density at radius 2 is 1.75 bits per heavy atom. The van der Waals surface area contributed by atoms with Crippen molar-refractivity contribution in [2.45, 2.75) is 6.18 Å². The number of nitrogens with zero attached hydrogens (tertiary/aromatic N) is 3. The highest BCUT2D eigenvalue weighted by molar-refractivity contribution is 6.13. The molecule has 2 aromatic carbocycles. The second-order valence-corrected chi connectivity index (χ2v) is 7.71. The van der Waals surface area contributed by atoms with E-state index in [-0.39, 0.29) is 36.2 Å². The smallest absolute Gasteiger partial charge is 0.416 e. The van der Waals surface area contributed by atoms with Gasteiger partial charge in [0.2, 0.25) is 5.88 Å². The fourth-order valence-corrected chi connectivity index (χ4v) is 3.85. The molecule has 1 aliphatic rings. The monoisotopic (exact) mass is 499 g/mol. The van der Waals surface area contributed by atoms with E-state index in [1.54, 1.807) is 11.0 Å². The number of ether oxygens (including phenoxy) is 2. The largest absolute Gasteiger partial charge is 0.487 e.